The van der Waals surface area contributed by atoms with E-state index in [1.165, 1.54) is 7.05 Å². The third kappa shape index (κ3) is 4.42. The van der Waals surface area contributed by atoms with Crippen LogP contribution in [0.2, 0.25) is 0 Å². The van der Waals surface area contributed by atoms with Gasteiger partial charge in [-0.2, -0.15) is 4.31 Å². The maximum Gasteiger partial charge on any atom is 0.243 e. The molecule has 1 fully saturated rings. The number of carbonyl (C=O) groups is 1. The van der Waals surface area contributed by atoms with Gasteiger partial charge in [0.15, 0.2) is 0 Å². The van der Waals surface area contributed by atoms with Crippen molar-refractivity contribution in [3.8, 4) is 5.75 Å². The Bertz CT molecular complexity index is 1220. The maximum atomic E-state index is 13.0. The number of methoxy groups -OCH3 is 1. The number of nitrogens with zero attached hydrogens (tertiary/aromatic N) is 3. The van der Waals surface area contributed by atoms with Gasteiger partial charge in [-0.05, 0) is 35.0 Å². The molecule has 0 aliphatic carbocycles. The van der Waals surface area contributed by atoms with Gasteiger partial charge in [0, 0.05) is 33.2 Å². The van der Waals surface area contributed by atoms with Crippen LogP contribution in [0.5, 0.6) is 5.75 Å². The van der Waals surface area contributed by atoms with Gasteiger partial charge in [-0.15, -0.1) is 0 Å². The van der Waals surface area contributed by atoms with Crippen molar-refractivity contribution in [2.75, 3.05) is 51.8 Å². The number of ether oxygens (including phenoxy) is 1. The molecule has 4 rings (SSSR count). The number of amides is 1. The molecule has 3 aromatic rings. The van der Waals surface area contributed by atoms with E-state index in [-0.39, 0.29) is 17.3 Å². The Balaban J connectivity index is 1.40. The lowest BCUT2D eigenvalue weighted by molar-refractivity contribution is -0.131. The van der Waals surface area contributed by atoms with E-state index < -0.39 is 10.0 Å². The topological polar surface area (TPSA) is 70.2 Å². The number of fused-ring (bicyclic) bond motifs is 1. The first-order valence-corrected chi connectivity index (χ1v) is 11.9. The summed E-state index contributed by atoms with van der Waals surface area (Å²) in [6, 6.07) is 20.4. The van der Waals surface area contributed by atoms with Gasteiger partial charge in [0.25, 0.3) is 0 Å². The lowest BCUT2D eigenvalue weighted by atomic mass is 10.1. The Labute approximate surface area is 188 Å². The van der Waals surface area contributed by atoms with Gasteiger partial charge < -0.3 is 14.5 Å². The predicted octanol–water partition coefficient (Wildman–Crippen LogP) is 2.82. The van der Waals surface area contributed by atoms with Crippen LogP contribution in [0, 0.1) is 0 Å². The number of piperazine rings is 1. The molecule has 0 unspecified atom stereocenters. The second-order valence-electron chi connectivity index (χ2n) is 7.81. The first kappa shape index (κ1) is 22.1. The molecule has 0 radical (unpaired) electrons. The van der Waals surface area contributed by atoms with Crippen LogP contribution >= 0.6 is 0 Å². The fourth-order valence-corrected chi connectivity index (χ4v) is 5.13. The minimum atomic E-state index is -3.77. The van der Waals surface area contributed by atoms with E-state index in [0.717, 1.165) is 26.5 Å². The molecule has 1 saturated heterocycles. The summed E-state index contributed by atoms with van der Waals surface area (Å²) in [6.45, 7) is 2.19. The molecule has 0 saturated carbocycles. The highest BCUT2D eigenvalue weighted by atomic mass is 32.2. The fraction of sp³-hybridized carbons (Fsp3) is 0.292. The first-order valence-electron chi connectivity index (χ1n) is 10.5. The highest BCUT2D eigenvalue weighted by Gasteiger charge is 2.28. The van der Waals surface area contributed by atoms with E-state index in [9.17, 15) is 13.2 Å². The molecule has 32 heavy (non-hydrogen) atoms. The van der Waals surface area contributed by atoms with Crippen molar-refractivity contribution in [3.05, 3.63) is 66.7 Å². The third-order valence-corrected chi connectivity index (χ3v) is 7.64. The number of rotatable bonds is 6. The van der Waals surface area contributed by atoms with Gasteiger partial charge in [-0.3, -0.25) is 4.79 Å². The Morgan fingerprint density at radius 1 is 0.938 bits per heavy atom. The number of sulfonamides is 1. The van der Waals surface area contributed by atoms with Crippen molar-refractivity contribution in [1.82, 2.24) is 9.21 Å². The van der Waals surface area contributed by atoms with Gasteiger partial charge in [0.1, 0.15) is 5.75 Å². The second kappa shape index (κ2) is 9.18. The number of carbonyl (C=O) groups excluding carboxylic acids is 1. The van der Waals surface area contributed by atoms with Crippen LogP contribution in [0.15, 0.2) is 71.6 Å². The van der Waals surface area contributed by atoms with Crippen LogP contribution in [-0.2, 0) is 14.8 Å². The zero-order valence-corrected chi connectivity index (χ0v) is 19.1. The second-order valence-corrected chi connectivity index (χ2v) is 9.85. The average Bonchev–Trinajstić information content (AvgIpc) is 2.83. The van der Waals surface area contributed by atoms with Crippen molar-refractivity contribution in [2.45, 2.75) is 4.90 Å². The summed E-state index contributed by atoms with van der Waals surface area (Å²) in [7, 11) is -0.673. The van der Waals surface area contributed by atoms with Crippen LogP contribution in [0.4, 0.5) is 5.69 Å². The number of anilines is 1. The number of hydrogen-bond acceptors (Lipinski definition) is 5. The molecular weight excluding hydrogens is 426 g/mol. The van der Waals surface area contributed by atoms with Crippen LogP contribution in [-0.4, -0.2) is 70.4 Å². The quantitative estimate of drug-likeness (QED) is 0.574. The Morgan fingerprint density at radius 2 is 1.59 bits per heavy atom. The SMILES string of the molecule is COc1ccccc1N1CCN(C(=O)CN(C)S(=O)(=O)c2ccc3ccccc3c2)CC1. The molecule has 1 amide bonds. The van der Waals surface area contributed by atoms with E-state index in [1.807, 2.05) is 48.5 Å². The third-order valence-electron chi connectivity index (χ3n) is 5.85. The van der Waals surface area contributed by atoms with Crippen molar-refractivity contribution in [1.29, 1.82) is 0 Å². The van der Waals surface area contributed by atoms with Crippen LogP contribution in [0.25, 0.3) is 10.8 Å². The van der Waals surface area contributed by atoms with Gasteiger partial charge in [-0.25, -0.2) is 8.42 Å². The minimum absolute atomic E-state index is 0.187. The van der Waals surface area contributed by atoms with E-state index in [0.29, 0.717) is 26.2 Å². The molecule has 8 heteroatoms. The predicted molar refractivity (Wildman–Crippen MR) is 126 cm³/mol. The Hall–Kier alpha value is -3.10. The summed E-state index contributed by atoms with van der Waals surface area (Å²) in [6.07, 6.45) is 0. The summed E-state index contributed by atoms with van der Waals surface area (Å²) < 4.78 is 32.6. The fourth-order valence-electron chi connectivity index (χ4n) is 3.97. The molecule has 0 spiro atoms. The van der Waals surface area contributed by atoms with Crippen molar-refractivity contribution in [2.24, 2.45) is 0 Å². The number of hydrogen-bond donors (Lipinski definition) is 0. The monoisotopic (exact) mass is 453 g/mol. The molecule has 7 nitrogen and oxygen atoms in total. The van der Waals surface area contributed by atoms with Gasteiger partial charge in [0.05, 0.1) is 24.2 Å². The van der Waals surface area contributed by atoms with E-state index in [2.05, 4.69) is 4.90 Å². The van der Waals surface area contributed by atoms with Crippen molar-refractivity contribution < 1.29 is 17.9 Å². The number of para-hydroxylation sites is 2. The van der Waals surface area contributed by atoms with Gasteiger partial charge >= 0.3 is 0 Å². The van der Waals surface area contributed by atoms with Crippen molar-refractivity contribution >= 4 is 32.4 Å². The van der Waals surface area contributed by atoms with Crippen molar-refractivity contribution in [3.63, 3.8) is 0 Å². The highest BCUT2D eigenvalue weighted by molar-refractivity contribution is 7.89. The minimum Gasteiger partial charge on any atom is -0.495 e. The van der Waals surface area contributed by atoms with E-state index in [1.54, 1.807) is 30.2 Å². The molecule has 0 aromatic heterocycles. The standard InChI is InChI=1S/C24H27N3O4S/c1-25(32(29,30)21-12-11-19-7-3-4-8-20(19)17-21)18-24(28)27-15-13-26(14-16-27)22-9-5-6-10-23(22)31-2/h3-12,17H,13-16,18H2,1-2H3. The summed E-state index contributed by atoms with van der Waals surface area (Å²) in [4.78, 5) is 16.9. The lowest BCUT2D eigenvalue weighted by Crippen LogP contribution is -2.51. The average molecular weight is 454 g/mol. The molecule has 1 heterocycles. The van der Waals surface area contributed by atoms with Crippen LogP contribution in [0.3, 0.4) is 0 Å². The molecule has 0 N–H and O–H groups in total. The largest absolute Gasteiger partial charge is 0.495 e. The molecule has 1 aliphatic rings. The van der Waals surface area contributed by atoms with Crippen LogP contribution < -0.4 is 9.64 Å². The summed E-state index contributed by atoms with van der Waals surface area (Å²) in [5.41, 5.74) is 0.998. The normalized spacial score (nSPS) is 14.7. The molecule has 0 atom stereocenters. The Kier molecular flexibility index (Phi) is 6.34. The molecule has 1 aliphatic heterocycles. The molecule has 0 bridgehead atoms. The smallest absolute Gasteiger partial charge is 0.243 e. The summed E-state index contributed by atoms with van der Waals surface area (Å²) >= 11 is 0. The van der Waals surface area contributed by atoms with Crippen LogP contribution in [0.1, 0.15) is 0 Å². The van der Waals surface area contributed by atoms with Gasteiger partial charge in [0.2, 0.25) is 15.9 Å². The summed E-state index contributed by atoms with van der Waals surface area (Å²) in [5.74, 6) is 0.602. The lowest BCUT2D eigenvalue weighted by Gasteiger charge is -2.37. The zero-order valence-electron chi connectivity index (χ0n) is 18.3. The Morgan fingerprint density at radius 3 is 2.31 bits per heavy atom. The van der Waals surface area contributed by atoms with E-state index >= 15 is 0 Å². The number of likely N-dealkylation sites (N-methyl/N-ethyl adjacent to an activating group) is 1. The first-order chi connectivity index (χ1) is 15.4. The molecular formula is C24H27N3O4S. The maximum absolute atomic E-state index is 13.0. The zero-order chi connectivity index (χ0) is 22.7. The number of benzene rings is 3. The molecule has 3 aromatic carbocycles. The summed E-state index contributed by atoms with van der Waals surface area (Å²) in [5, 5.41) is 1.82. The molecule has 168 valence electrons. The van der Waals surface area contributed by atoms with Gasteiger partial charge in [-0.1, -0.05) is 42.5 Å². The van der Waals surface area contributed by atoms with E-state index in [4.69, 9.17) is 4.74 Å². The highest BCUT2D eigenvalue weighted by Crippen LogP contribution is 2.28.